The summed E-state index contributed by atoms with van der Waals surface area (Å²) < 4.78 is 10.0. The van der Waals surface area contributed by atoms with Crippen LogP contribution >= 0.6 is 11.3 Å². The highest BCUT2D eigenvalue weighted by molar-refractivity contribution is 7.09. The van der Waals surface area contributed by atoms with Crippen molar-refractivity contribution in [3.8, 4) is 0 Å². The second-order valence-corrected chi connectivity index (χ2v) is 4.77. The quantitative estimate of drug-likeness (QED) is 0.635. The van der Waals surface area contributed by atoms with Crippen LogP contribution in [0.2, 0.25) is 0 Å². The van der Waals surface area contributed by atoms with Crippen LogP contribution in [0.3, 0.4) is 0 Å². The van der Waals surface area contributed by atoms with Crippen LogP contribution in [-0.4, -0.2) is 49.7 Å². The molecule has 1 aromatic rings. The van der Waals surface area contributed by atoms with Crippen LogP contribution in [0.4, 0.5) is 0 Å². The summed E-state index contributed by atoms with van der Waals surface area (Å²) in [6, 6.07) is 0. The molecule has 98 valence electrons. The van der Waals surface area contributed by atoms with Gasteiger partial charge in [-0.2, -0.15) is 0 Å². The van der Waals surface area contributed by atoms with Gasteiger partial charge in [0.15, 0.2) is 0 Å². The molecule has 1 unspecified atom stereocenters. The standard InChI is InChI=1S/C11H20N2O3S/c1-9-13-10(8-17-9)5-12-6-11(14)7-16-4-3-15-2/h8,11-12,14H,3-7H2,1-2H3. The average molecular weight is 260 g/mol. The fourth-order valence-corrected chi connectivity index (χ4v) is 1.89. The van der Waals surface area contributed by atoms with Crippen LogP contribution in [0.1, 0.15) is 10.7 Å². The molecule has 0 saturated carbocycles. The Labute approximate surface area is 106 Å². The van der Waals surface area contributed by atoms with Crippen molar-refractivity contribution in [1.29, 1.82) is 0 Å². The van der Waals surface area contributed by atoms with Gasteiger partial charge in [-0.1, -0.05) is 0 Å². The summed E-state index contributed by atoms with van der Waals surface area (Å²) in [6.45, 7) is 4.55. The molecule has 6 heteroatoms. The van der Waals surface area contributed by atoms with E-state index in [0.717, 1.165) is 10.7 Å². The number of aliphatic hydroxyl groups is 1. The molecule has 1 heterocycles. The Kier molecular flexibility index (Phi) is 7.30. The van der Waals surface area contributed by atoms with Gasteiger partial charge in [0.25, 0.3) is 0 Å². The summed E-state index contributed by atoms with van der Waals surface area (Å²) >= 11 is 1.63. The van der Waals surface area contributed by atoms with E-state index in [-0.39, 0.29) is 0 Å². The number of aromatic nitrogens is 1. The third-order valence-electron chi connectivity index (χ3n) is 2.09. The van der Waals surface area contributed by atoms with Crippen molar-refractivity contribution >= 4 is 11.3 Å². The maximum atomic E-state index is 9.59. The van der Waals surface area contributed by atoms with E-state index in [1.54, 1.807) is 18.4 Å². The van der Waals surface area contributed by atoms with Gasteiger partial charge >= 0.3 is 0 Å². The summed E-state index contributed by atoms with van der Waals surface area (Å²) in [7, 11) is 1.62. The lowest BCUT2D eigenvalue weighted by Gasteiger charge is -2.11. The number of rotatable bonds is 9. The maximum absolute atomic E-state index is 9.59. The molecule has 17 heavy (non-hydrogen) atoms. The molecule has 1 aromatic heterocycles. The first-order valence-electron chi connectivity index (χ1n) is 5.59. The summed E-state index contributed by atoms with van der Waals surface area (Å²) in [5.74, 6) is 0. The Morgan fingerprint density at radius 3 is 3.00 bits per heavy atom. The van der Waals surface area contributed by atoms with E-state index in [1.165, 1.54) is 0 Å². The molecule has 0 aliphatic rings. The highest BCUT2D eigenvalue weighted by atomic mass is 32.1. The zero-order chi connectivity index (χ0) is 12.5. The van der Waals surface area contributed by atoms with Gasteiger partial charge in [-0.3, -0.25) is 0 Å². The fraction of sp³-hybridized carbons (Fsp3) is 0.727. The summed E-state index contributed by atoms with van der Waals surface area (Å²) in [5.41, 5.74) is 1.01. The van der Waals surface area contributed by atoms with Crippen LogP contribution in [0.25, 0.3) is 0 Å². The van der Waals surface area contributed by atoms with Crippen molar-refractivity contribution in [2.75, 3.05) is 33.5 Å². The minimum atomic E-state index is -0.494. The molecule has 1 rings (SSSR count). The van der Waals surface area contributed by atoms with E-state index in [2.05, 4.69) is 10.3 Å². The van der Waals surface area contributed by atoms with Gasteiger partial charge in [-0.15, -0.1) is 11.3 Å². The molecule has 2 N–H and O–H groups in total. The van der Waals surface area contributed by atoms with Crippen LogP contribution in [-0.2, 0) is 16.0 Å². The van der Waals surface area contributed by atoms with Gasteiger partial charge in [-0.25, -0.2) is 4.98 Å². The molecule has 0 radical (unpaired) electrons. The third-order valence-corrected chi connectivity index (χ3v) is 2.92. The van der Waals surface area contributed by atoms with E-state index in [4.69, 9.17) is 9.47 Å². The Morgan fingerprint density at radius 2 is 2.35 bits per heavy atom. The fourth-order valence-electron chi connectivity index (χ4n) is 1.28. The molecule has 0 saturated heterocycles. The number of nitrogens with zero attached hydrogens (tertiary/aromatic N) is 1. The SMILES string of the molecule is COCCOCC(O)CNCc1csc(C)n1. The number of methoxy groups -OCH3 is 1. The van der Waals surface area contributed by atoms with Crippen molar-refractivity contribution < 1.29 is 14.6 Å². The van der Waals surface area contributed by atoms with Gasteiger partial charge < -0.3 is 19.9 Å². The first-order valence-corrected chi connectivity index (χ1v) is 6.46. The molecule has 0 spiro atoms. The van der Waals surface area contributed by atoms with Crippen molar-refractivity contribution in [1.82, 2.24) is 10.3 Å². The second-order valence-electron chi connectivity index (χ2n) is 3.71. The van der Waals surface area contributed by atoms with E-state index in [0.29, 0.717) is 32.9 Å². The van der Waals surface area contributed by atoms with Crippen LogP contribution in [0, 0.1) is 6.92 Å². The number of nitrogens with one attached hydrogen (secondary N) is 1. The minimum absolute atomic E-state index is 0.326. The summed E-state index contributed by atoms with van der Waals surface area (Å²) in [4.78, 5) is 4.32. The first kappa shape index (κ1) is 14.5. The number of aliphatic hydroxyl groups excluding tert-OH is 1. The molecule has 0 aromatic carbocycles. The summed E-state index contributed by atoms with van der Waals surface area (Å²) in [5, 5.41) is 15.8. The molecule has 0 amide bonds. The Morgan fingerprint density at radius 1 is 1.53 bits per heavy atom. The minimum Gasteiger partial charge on any atom is -0.389 e. The van der Waals surface area contributed by atoms with Crippen molar-refractivity contribution in [3.63, 3.8) is 0 Å². The zero-order valence-electron chi connectivity index (χ0n) is 10.3. The number of ether oxygens (including phenoxy) is 2. The monoisotopic (exact) mass is 260 g/mol. The van der Waals surface area contributed by atoms with Crippen molar-refractivity contribution in [3.05, 3.63) is 16.1 Å². The predicted molar refractivity (Wildman–Crippen MR) is 67.3 cm³/mol. The van der Waals surface area contributed by atoms with Gasteiger partial charge in [0.05, 0.1) is 36.6 Å². The highest BCUT2D eigenvalue weighted by Crippen LogP contribution is 2.07. The van der Waals surface area contributed by atoms with Gasteiger partial charge in [0.2, 0.25) is 0 Å². The number of hydrogen-bond acceptors (Lipinski definition) is 6. The van der Waals surface area contributed by atoms with Crippen LogP contribution < -0.4 is 5.32 Å². The molecule has 0 fully saturated rings. The van der Waals surface area contributed by atoms with Crippen molar-refractivity contribution in [2.45, 2.75) is 19.6 Å². The number of hydrogen-bond donors (Lipinski definition) is 2. The second kappa shape index (κ2) is 8.54. The van der Waals surface area contributed by atoms with Gasteiger partial charge in [-0.05, 0) is 6.92 Å². The van der Waals surface area contributed by atoms with E-state index >= 15 is 0 Å². The predicted octanol–water partition coefficient (Wildman–Crippen LogP) is 0.565. The molecule has 0 aliphatic carbocycles. The third kappa shape index (κ3) is 6.70. The zero-order valence-corrected chi connectivity index (χ0v) is 11.1. The molecule has 5 nitrogen and oxygen atoms in total. The highest BCUT2D eigenvalue weighted by Gasteiger charge is 2.04. The topological polar surface area (TPSA) is 63.6 Å². The Balaban J connectivity index is 2.02. The summed E-state index contributed by atoms with van der Waals surface area (Å²) in [6.07, 6.45) is -0.494. The largest absolute Gasteiger partial charge is 0.389 e. The number of aryl methyl sites for hydroxylation is 1. The lowest BCUT2D eigenvalue weighted by molar-refractivity contribution is 0.0137. The lowest BCUT2D eigenvalue weighted by atomic mass is 10.3. The average Bonchev–Trinajstić information content (AvgIpc) is 2.71. The molecular weight excluding hydrogens is 240 g/mol. The molecule has 1 atom stereocenters. The Hall–Kier alpha value is -0.530. The van der Waals surface area contributed by atoms with Crippen LogP contribution in [0.5, 0.6) is 0 Å². The maximum Gasteiger partial charge on any atom is 0.0897 e. The van der Waals surface area contributed by atoms with E-state index in [1.807, 2.05) is 12.3 Å². The molecule has 0 aliphatic heterocycles. The normalized spacial score (nSPS) is 12.9. The smallest absolute Gasteiger partial charge is 0.0897 e. The Bertz CT molecular complexity index is 307. The molecule has 0 bridgehead atoms. The van der Waals surface area contributed by atoms with Crippen molar-refractivity contribution in [2.24, 2.45) is 0 Å². The van der Waals surface area contributed by atoms with E-state index in [9.17, 15) is 5.11 Å². The van der Waals surface area contributed by atoms with Gasteiger partial charge in [0, 0.05) is 25.6 Å². The lowest BCUT2D eigenvalue weighted by Crippen LogP contribution is -2.30. The van der Waals surface area contributed by atoms with E-state index < -0.39 is 6.10 Å². The first-order chi connectivity index (χ1) is 8.22. The van der Waals surface area contributed by atoms with Crippen LogP contribution in [0.15, 0.2) is 5.38 Å². The van der Waals surface area contributed by atoms with Gasteiger partial charge in [0.1, 0.15) is 0 Å². The molecular formula is C11H20N2O3S. The number of thiazole rings is 1.